The van der Waals surface area contributed by atoms with Crippen LogP contribution in [0.2, 0.25) is 5.02 Å². The molecular formula is C14H11ClF2N2O3S. The summed E-state index contributed by atoms with van der Waals surface area (Å²) in [5.41, 5.74) is -0.103. The van der Waals surface area contributed by atoms with Gasteiger partial charge >= 0.3 is 0 Å². The number of primary sulfonamides is 1. The summed E-state index contributed by atoms with van der Waals surface area (Å²) < 4.78 is 50.0. The summed E-state index contributed by atoms with van der Waals surface area (Å²) in [5, 5.41) is 7.05. The first-order valence-corrected chi connectivity index (χ1v) is 8.11. The molecule has 0 aliphatic rings. The van der Waals surface area contributed by atoms with Crippen LogP contribution in [0.4, 0.5) is 14.5 Å². The van der Waals surface area contributed by atoms with E-state index in [1.54, 1.807) is 0 Å². The smallest absolute Gasteiger partial charge is 0.258 e. The zero-order chi connectivity index (χ0) is 17.4. The van der Waals surface area contributed by atoms with Crippen molar-refractivity contribution in [2.24, 2.45) is 5.14 Å². The minimum Gasteiger partial charge on any atom is -0.322 e. The number of sulfonamides is 1. The Morgan fingerprint density at radius 2 is 1.87 bits per heavy atom. The van der Waals surface area contributed by atoms with E-state index in [-0.39, 0.29) is 16.3 Å². The minimum absolute atomic E-state index is 0.170. The Morgan fingerprint density at radius 1 is 1.22 bits per heavy atom. The van der Waals surface area contributed by atoms with Crippen LogP contribution in [0.3, 0.4) is 0 Å². The van der Waals surface area contributed by atoms with Crippen LogP contribution in [0.15, 0.2) is 35.2 Å². The SMILES string of the molecule is Cc1cc(NC(=O)c2cc(Cl)cc(S(N)(=O)=O)c2F)ccc1F. The van der Waals surface area contributed by atoms with Gasteiger partial charge in [-0.25, -0.2) is 22.3 Å². The molecule has 5 nitrogen and oxygen atoms in total. The third kappa shape index (κ3) is 3.84. The second-order valence-electron chi connectivity index (χ2n) is 4.73. The number of amides is 1. The Hall–Kier alpha value is -2.03. The van der Waals surface area contributed by atoms with Gasteiger partial charge in [-0.1, -0.05) is 11.6 Å². The molecule has 0 saturated heterocycles. The van der Waals surface area contributed by atoms with Gasteiger partial charge in [-0.3, -0.25) is 4.79 Å². The topological polar surface area (TPSA) is 89.3 Å². The lowest BCUT2D eigenvalue weighted by atomic mass is 10.1. The average molecular weight is 361 g/mol. The first-order chi connectivity index (χ1) is 10.6. The highest BCUT2D eigenvalue weighted by atomic mass is 35.5. The van der Waals surface area contributed by atoms with E-state index in [1.165, 1.54) is 19.1 Å². The van der Waals surface area contributed by atoms with Crippen LogP contribution >= 0.6 is 11.6 Å². The number of carbonyl (C=O) groups excluding carboxylic acids is 1. The highest BCUT2D eigenvalue weighted by molar-refractivity contribution is 7.89. The van der Waals surface area contributed by atoms with Gasteiger partial charge in [-0.15, -0.1) is 0 Å². The maximum atomic E-state index is 14.2. The van der Waals surface area contributed by atoms with Crippen molar-refractivity contribution in [1.29, 1.82) is 0 Å². The number of hydrogen-bond acceptors (Lipinski definition) is 3. The molecule has 2 aromatic rings. The van der Waals surface area contributed by atoms with E-state index >= 15 is 0 Å². The molecule has 0 atom stereocenters. The fourth-order valence-corrected chi connectivity index (χ4v) is 2.79. The standard InChI is InChI=1S/C14H11ClF2N2O3S/c1-7-4-9(2-3-11(7)16)19-14(20)10-5-8(15)6-12(13(10)17)23(18,21)22/h2-6H,1H3,(H,19,20)(H2,18,21,22). The van der Waals surface area contributed by atoms with Crippen LogP contribution in [0.5, 0.6) is 0 Å². The van der Waals surface area contributed by atoms with Crippen LogP contribution in [-0.2, 0) is 10.0 Å². The summed E-state index contributed by atoms with van der Waals surface area (Å²) in [6, 6.07) is 5.54. The molecule has 0 aliphatic carbocycles. The number of benzene rings is 2. The first-order valence-electron chi connectivity index (χ1n) is 6.19. The zero-order valence-electron chi connectivity index (χ0n) is 11.7. The third-order valence-corrected chi connectivity index (χ3v) is 4.10. The van der Waals surface area contributed by atoms with Crippen LogP contribution < -0.4 is 10.5 Å². The van der Waals surface area contributed by atoms with Gasteiger partial charge in [-0.2, -0.15) is 0 Å². The van der Waals surface area contributed by atoms with Crippen molar-refractivity contribution in [3.05, 3.63) is 58.1 Å². The Kier molecular flexibility index (Phi) is 4.69. The molecule has 0 heterocycles. The quantitative estimate of drug-likeness (QED) is 0.882. The van der Waals surface area contributed by atoms with Gasteiger partial charge in [-0.05, 0) is 42.8 Å². The maximum Gasteiger partial charge on any atom is 0.258 e. The second kappa shape index (κ2) is 6.23. The molecule has 122 valence electrons. The average Bonchev–Trinajstić information content (AvgIpc) is 2.43. The van der Waals surface area contributed by atoms with Gasteiger partial charge in [0, 0.05) is 10.7 Å². The van der Waals surface area contributed by atoms with Crippen LogP contribution in [0.1, 0.15) is 15.9 Å². The molecule has 0 aromatic heterocycles. The number of hydrogen-bond donors (Lipinski definition) is 2. The number of nitrogens with two attached hydrogens (primary N) is 1. The van der Waals surface area contributed by atoms with Crippen molar-refractivity contribution in [3.63, 3.8) is 0 Å². The minimum atomic E-state index is -4.39. The van der Waals surface area contributed by atoms with E-state index in [2.05, 4.69) is 5.32 Å². The monoisotopic (exact) mass is 360 g/mol. The predicted octanol–water partition coefficient (Wildman–Crippen LogP) is 2.83. The summed E-state index contributed by atoms with van der Waals surface area (Å²) in [6.45, 7) is 1.49. The molecular weight excluding hydrogens is 350 g/mol. The Balaban J connectivity index is 2.43. The van der Waals surface area contributed by atoms with Crippen molar-refractivity contribution < 1.29 is 22.0 Å². The first kappa shape index (κ1) is 17.3. The van der Waals surface area contributed by atoms with E-state index in [9.17, 15) is 22.0 Å². The van der Waals surface area contributed by atoms with Gasteiger partial charge in [0.1, 0.15) is 10.7 Å². The molecule has 0 bridgehead atoms. The number of anilines is 1. The Morgan fingerprint density at radius 3 is 2.43 bits per heavy atom. The number of rotatable bonds is 3. The summed E-state index contributed by atoms with van der Waals surface area (Å²) in [7, 11) is -4.39. The van der Waals surface area contributed by atoms with Gasteiger partial charge < -0.3 is 5.32 Å². The van der Waals surface area contributed by atoms with Crippen LogP contribution in [0, 0.1) is 18.6 Å². The van der Waals surface area contributed by atoms with E-state index in [0.29, 0.717) is 0 Å². The van der Waals surface area contributed by atoms with Crippen molar-refractivity contribution in [2.75, 3.05) is 5.32 Å². The van der Waals surface area contributed by atoms with Crippen molar-refractivity contribution >= 4 is 33.2 Å². The molecule has 0 unspecified atom stereocenters. The lowest BCUT2D eigenvalue weighted by Gasteiger charge is -2.10. The van der Waals surface area contributed by atoms with Crippen LogP contribution in [0.25, 0.3) is 0 Å². The fraction of sp³-hybridized carbons (Fsp3) is 0.0714. The van der Waals surface area contributed by atoms with Crippen molar-refractivity contribution in [2.45, 2.75) is 11.8 Å². The molecule has 2 rings (SSSR count). The van der Waals surface area contributed by atoms with Gasteiger partial charge in [0.25, 0.3) is 5.91 Å². The fourth-order valence-electron chi connectivity index (χ4n) is 1.86. The number of carbonyl (C=O) groups is 1. The van der Waals surface area contributed by atoms with Gasteiger partial charge in [0.15, 0.2) is 5.82 Å². The third-order valence-electron chi connectivity index (χ3n) is 2.97. The number of aryl methyl sites for hydroxylation is 1. The normalized spacial score (nSPS) is 11.3. The Labute approximate surface area is 136 Å². The maximum absolute atomic E-state index is 14.2. The predicted molar refractivity (Wildman–Crippen MR) is 81.9 cm³/mol. The number of nitrogens with one attached hydrogen (secondary N) is 1. The van der Waals surface area contributed by atoms with Crippen LogP contribution in [-0.4, -0.2) is 14.3 Å². The molecule has 0 aliphatic heterocycles. The largest absolute Gasteiger partial charge is 0.322 e. The van der Waals surface area contributed by atoms with Gasteiger partial charge in [0.2, 0.25) is 10.0 Å². The summed E-state index contributed by atoms with van der Waals surface area (Å²) in [6.07, 6.45) is 0. The lowest BCUT2D eigenvalue weighted by Crippen LogP contribution is -2.19. The van der Waals surface area contributed by atoms with E-state index in [0.717, 1.165) is 18.2 Å². The zero-order valence-corrected chi connectivity index (χ0v) is 13.3. The number of halogens is 3. The van der Waals surface area contributed by atoms with E-state index in [4.69, 9.17) is 16.7 Å². The molecule has 3 N–H and O–H groups in total. The van der Waals surface area contributed by atoms with E-state index in [1.807, 2.05) is 0 Å². The lowest BCUT2D eigenvalue weighted by molar-refractivity contribution is 0.102. The van der Waals surface area contributed by atoms with Crippen molar-refractivity contribution in [1.82, 2.24) is 0 Å². The highest BCUT2D eigenvalue weighted by Gasteiger charge is 2.23. The molecule has 0 saturated carbocycles. The Bertz CT molecular complexity index is 901. The molecule has 1 amide bonds. The van der Waals surface area contributed by atoms with Gasteiger partial charge in [0.05, 0.1) is 5.56 Å². The summed E-state index contributed by atoms with van der Waals surface area (Å²) >= 11 is 5.70. The van der Waals surface area contributed by atoms with Crippen molar-refractivity contribution in [3.8, 4) is 0 Å². The molecule has 2 aromatic carbocycles. The molecule has 0 radical (unpaired) electrons. The molecule has 9 heteroatoms. The highest BCUT2D eigenvalue weighted by Crippen LogP contribution is 2.24. The summed E-state index contributed by atoms with van der Waals surface area (Å²) in [4.78, 5) is 11.2. The second-order valence-corrected chi connectivity index (χ2v) is 6.69. The van der Waals surface area contributed by atoms with E-state index < -0.39 is 38.0 Å². The molecule has 0 spiro atoms. The summed E-state index contributed by atoms with van der Waals surface area (Å²) in [5.74, 6) is -2.72. The molecule has 0 fully saturated rings. The molecule has 23 heavy (non-hydrogen) atoms.